The van der Waals surface area contributed by atoms with Crippen LogP contribution in [-0.2, 0) is 15.1 Å². The van der Waals surface area contributed by atoms with E-state index in [2.05, 4.69) is 15.4 Å². The molecule has 1 saturated heterocycles. The molecular weight excluding hydrogens is 554 g/mol. The zero-order valence-electron chi connectivity index (χ0n) is 23.0. The number of hydrogen-bond donors (Lipinski definition) is 1. The minimum Gasteiger partial charge on any atom is -0.435 e. The smallest absolute Gasteiger partial charge is 0.435 e. The molecule has 2 amide bonds. The van der Waals surface area contributed by atoms with Crippen molar-refractivity contribution in [2.75, 3.05) is 44.5 Å². The van der Waals surface area contributed by atoms with Gasteiger partial charge in [-0.25, -0.2) is 23.1 Å². The third-order valence-corrected chi connectivity index (χ3v) is 7.20. The normalized spacial score (nSPS) is 17.1. The fourth-order valence-electron chi connectivity index (χ4n) is 4.99. The Morgan fingerprint density at radius 3 is 2.57 bits per heavy atom. The van der Waals surface area contributed by atoms with Gasteiger partial charge in [0.15, 0.2) is 6.73 Å². The van der Waals surface area contributed by atoms with Crippen molar-refractivity contribution in [2.45, 2.75) is 25.5 Å². The highest BCUT2D eigenvalue weighted by molar-refractivity contribution is 5.94. The predicted molar refractivity (Wildman–Crippen MR) is 145 cm³/mol. The van der Waals surface area contributed by atoms with Gasteiger partial charge in [0.1, 0.15) is 30.2 Å². The first-order valence-corrected chi connectivity index (χ1v) is 13.2. The van der Waals surface area contributed by atoms with Crippen LogP contribution in [-0.4, -0.2) is 99.1 Å². The number of halogens is 2. The lowest BCUT2D eigenvalue weighted by molar-refractivity contribution is -0.0601. The molecule has 0 unspecified atom stereocenters. The van der Waals surface area contributed by atoms with Crippen molar-refractivity contribution in [1.29, 1.82) is 0 Å². The van der Waals surface area contributed by atoms with Crippen LogP contribution in [0.25, 0.3) is 5.69 Å². The fourth-order valence-corrected chi connectivity index (χ4v) is 4.99. The van der Waals surface area contributed by atoms with Crippen molar-refractivity contribution in [3.05, 3.63) is 72.1 Å². The summed E-state index contributed by atoms with van der Waals surface area (Å²) in [6, 6.07) is 8.74. The lowest BCUT2D eigenvalue weighted by atomic mass is 9.85. The third kappa shape index (κ3) is 5.81. The van der Waals surface area contributed by atoms with E-state index >= 15 is 4.39 Å². The van der Waals surface area contributed by atoms with Crippen molar-refractivity contribution in [3.63, 3.8) is 0 Å². The molecule has 42 heavy (non-hydrogen) atoms. The molecule has 5 rings (SSSR count). The Kier molecular flexibility index (Phi) is 8.20. The number of benzene rings is 2. The van der Waals surface area contributed by atoms with Crippen LogP contribution in [0, 0.1) is 11.6 Å². The molecule has 2 aliphatic rings. The molecule has 2 atom stereocenters. The highest BCUT2D eigenvalue weighted by Crippen LogP contribution is 2.35. The van der Waals surface area contributed by atoms with Gasteiger partial charge in [-0.1, -0.05) is 11.3 Å². The first kappa shape index (κ1) is 28.7. The number of hydrogen-bond acceptors (Lipinski definition) is 10. The van der Waals surface area contributed by atoms with E-state index in [1.807, 2.05) is 0 Å². The summed E-state index contributed by atoms with van der Waals surface area (Å²) in [5, 5.41) is 25.5. The lowest BCUT2D eigenvalue weighted by Gasteiger charge is -2.41. The van der Waals surface area contributed by atoms with E-state index in [9.17, 15) is 19.1 Å². The summed E-state index contributed by atoms with van der Waals surface area (Å²) in [6.45, 7) is 3.68. The summed E-state index contributed by atoms with van der Waals surface area (Å²) in [5.41, 5.74) is -0.787. The van der Waals surface area contributed by atoms with E-state index in [0.29, 0.717) is 18.3 Å². The molecule has 15 heteroatoms. The molecule has 0 aliphatic carbocycles. The second-order valence-electron chi connectivity index (χ2n) is 9.80. The zero-order valence-corrected chi connectivity index (χ0v) is 23.0. The van der Waals surface area contributed by atoms with Gasteiger partial charge in [0.05, 0.1) is 37.3 Å². The van der Waals surface area contributed by atoms with Crippen LogP contribution in [0.15, 0.2) is 60.0 Å². The van der Waals surface area contributed by atoms with Gasteiger partial charge >= 0.3 is 12.2 Å². The fraction of sp³-hybridized carbons (Fsp3) is 0.370. The predicted octanol–water partition coefficient (Wildman–Crippen LogP) is 2.71. The number of carbonyl (C=O) groups is 2. The van der Waals surface area contributed by atoms with Crippen LogP contribution in [0.3, 0.4) is 0 Å². The maximum absolute atomic E-state index is 15.2. The number of β-amino-alcohol motifs (C(OH)–C–C–N with tert-alkyl or cyclic N) is 1. The molecule has 2 aliphatic heterocycles. The van der Waals surface area contributed by atoms with E-state index in [4.69, 9.17) is 9.47 Å². The van der Waals surface area contributed by atoms with Crippen molar-refractivity contribution in [1.82, 2.24) is 29.8 Å². The van der Waals surface area contributed by atoms with Gasteiger partial charge < -0.3 is 24.4 Å². The standard InChI is InChI=1S/C27H30F2N8O5/c1-3-41-26(39)42-18-33-16-31-34(17-33)15-27(40,23-9-4-20(28)14-24(23)29)19(2)35-12-13-36(25(35)38)21-5-7-22(8-6-21)37-11-10-30-32-37/h4-11,14,16,19,40H,3,12-13,15,17-18H2,1-2H3/t19-,27+/m1/s1. The van der Waals surface area contributed by atoms with E-state index in [0.717, 1.165) is 11.8 Å². The number of aliphatic hydroxyl groups is 1. The Morgan fingerprint density at radius 1 is 1.12 bits per heavy atom. The molecule has 1 aromatic heterocycles. The second kappa shape index (κ2) is 12.0. The van der Waals surface area contributed by atoms with Crippen molar-refractivity contribution < 1.29 is 33.0 Å². The Bertz CT molecular complexity index is 1440. The van der Waals surface area contributed by atoms with Gasteiger partial charge in [-0.2, -0.15) is 5.10 Å². The molecule has 222 valence electrons. The van der Waals surface area contributed by atoms with Crippen molar-refractivity contribution >= 4 is 24.2 Å². The third-order valence-electron chi connectivity index (χ3n) is 7.20. The lowest BCUT2D eigenvalue weighted by Crippen LogP contribution is -2.55. The summed E-state index contributed by atoms with van der Waals surface area (Å²) in [4.78, 5) is 29.7. The van der Waals surface area contributed by atoms with Crippen LogP contribution < -0.4 is 4.90 Å². The number of amides is 2. The zero-order chi connectivity index (χ0) is 29.9. The first-order valence-electron chi connectivity index (χ1n) is 13.2. The second-order valence-corrected chi connectivity index (χ2v) is 9.80. The Balaban J connectivity index is 1.34. The highest BCUT2D eigenvalue weighted by atomic mass is 19.1. The molecule has 0 radical (unpaired) electrons. The van der Waals surface area contributed by atoms with Crippen LogP contribution in [0.1, 0.15) is 19.4 Å². The largest absolute Gasteiger partial charge is 0.509 e. The monoisotopic (exact) mass is 584 g/mol. The summed E-state index contributed by atoms with van der Waals surface area (Å²) in [7, 11) is 0. The Hall–Kier alpha value is -4.79. The van der Waals surface area contributed by atoms with Gasteiger partial charge in [0.25, 0.3) is 0 Å². The molecule has 3 heterocycles. The average Bonchev–Trinajstić information content (AvgIpc) is 3.74. The number of nitrogens with zero attached hydrogens (tertiary/aromatic N) is 8. The quantitative estimate of drug-likeness (QED) is 0.358. The average molecular weight is 585 g/mol. The van der Waals surface area contributed by atoms with Crippen LogP contribution >= 0.6 is 0 Å². The molecular formula is C27H30F2N8O5. The number of ether oxygens (including phenoxy) is 2. The maximum atomic E-state index is 15.2. The summed E-state index contributed by atoms with van der Waals surface area (Å²) >= 11 is 0. The van der Waals surface area contributed by atoms with Crippen LogP contribution in [0.2, 0.25) is 0 Å². The Morgan fingerprint density at radius 2 is 1.88 bits per heavy atom. The summed E-state index contributed by atoms with van der Waals surface area (Å²) in [5.74, 6) is -1.76. The van der Waals surface area contributed by atoms with E-state index in [1.54, 1.807) is 60.1 Å². The molecule has 0 spiro atoms. The van der Waals surface area contributed by atoms with Gasteiger partial charge in [-0.15, -0.1) is 5.10 Å². The molecule has 3 aromatic rings. The Labute approximate surface area is 240 Å². The number of anilines is 1. The van der Waals surface area contributed by atoms with Crippen molar-refractivity contribution in [3.8, 4) is 5.69 Å². The molecule has 0 saturated carbocycles. The molecule has 1 N–H and O–H groups in total. The van der Waals surface area contributed by atoms with Crippen LogP contribution in [0.4, 0.5) is 24.1 Å². The minimum atomic E-state index is -2.00. The number of hydrazone groups is 1. The molecule has 13 nitrogen and oxygen atoms in total. The number of aromatic nitrogens is 3. The van der Waals surface area contributed by atoms with Gasteiger partial charge in [-0.3, -0.25) is 9.91 Å². The highest BCUT2D eigenvalue weighted by Gasteiger charge is 2.47. The number of carbonyl (C=O) groups excluding carboxylic acids is 2. The van der Waals surface area contributed by atoms with Gasteiger partial charge in [-0.05, 0) is 44.2 Å². The summed E-state index contributed by atoms with van der Waals surface area (Å²) < 4.78 is 40.3. The number of rotatable bonds is 10. The first-order chi connectivity index (χ1) is 20.2. The van der Waals surface area contributed by atoms with E-state index < -0.39 is 29.4 Å². The molecule has 1 fully saturated rings. The van der Waals surface area contributed by atoms with E-state index in [-0.39, 0.29) is 44.7 Å². The topological polar surface area (TPSA) is 129 Å². The van der Waals surface area contributed by atoms with Gasteiger partial charge in [0.2, 0.25) is 0 Å². The van der Waals surface area contributed by atoms with Crippen LogP contribution in [0.5, 0.6) is 0 Å². The van der Waals surface area contributed by atoms with Gasteiger partial charge in [0, 0.05) is 30.4 Å². The summed E-state index contributed by atoms with van der Waals surface area (Å²) in [6.07, 6.45) is 3.82. The number of urea groups is 1. The maximum Gasteiger partial charge on any atom is 0.509 e. The van der Waals surface area contributed by atoms with E-state index in [1.165, 1.54) is 27.2 Å². The van der Waals surface area contributed by atoms with Crippen molar-refractivity contribution in [2.24, 2.45) is 5.10 Å². The minimum absolute atomic E-state index is 0.0927. The SMILES string of the molecule is CCOC(=O)OCN1C=NN(C[C@@](O)(c2ccc(F)cc2F)[C@@H](C)N2CCN(c3ccc(-n4ccnn4)cc3)C2=O)C1. The molecule has 2 aromatic carbocycles. The molecule has 0 bridgehead atoms.